The molecule has 3 nitrogen and oxygen atoms in total. The molecular weight excluding hydrogens is 763 g/mol. The molecule has 3 heteroatoms. The lowest BCUT2D eigenvalue weighted by molar-refractivity contribution is 1.17. The van der Waals surface area contributed by atoms with Crippen molar-refractivity contribution in [1.82, 2.24) is 13.7 Å². The normalized spacial score (nSPS) is 11.8. The van der Waals surface area contributed by atoms with Crippen molar-refractivity contribution in [3.63, 3.8) is 0 Å². The highest BCUT2D eigenvalue weighted by atomic mass is 15.0. The fraction of sp³-hybridized carbons (Fsp3) is 0. The van der Waals surface area contributed by atoms with Gasteiger partial charge in [0.2, 0.25) is 0 Å². The molecule has 0 radical (unpaired) electrons. The Balaban J connectivity index is 0.964. The average molecular weight is 802 g/mol. The van der Waals surface area contributed by atoms with Crippen molar-refractivity contribution in [2.75, 3.05) is 0 Å². The number of benzene rings is 10. The summed E-state index contributed by atoms with van der Waals surface area (Å²) in [7, 11) is 0. The van der Waals surface area contributed by atoms with E-state index in [-0.39, 0.29) is 0 Å². The first-order chi connectivity index (χ1) is 31.2. The first kappa shape index (κ1) is 35.4. The molecule has 13 aromatic rings. The highest BCUT2D eigenvalue weighted by molar-refractivity contribution is 6.14. The molecule has 0 saturated carbocycles. The lowest BCUT2D eigenvalue weighted by atomic mass is 9.99. The molecule has 63 heavy (non-hydrogen) atoms. The van der Waals surface area contributed by atoms with E-state index in [1.807, 2.05) is 0 Å². The monoisotopic (exact) mass is 801 g/mol. The van der Waals surface area contributed by atoms with Crippen LogP contribution in [-0.2, 0) is 0 Å². The molecule has 3 heterocycles. The number of rotatable bonds is 6. The second kappa shape index (κ2) is 14.1. The van der Waals surface area contributed by atoms with Gasteiger partial charge in [0.05, 0.1) is 33.1 Å². The van der Waals surface area contributed by atoms with E-state index in [2.05, 4.69) is 250 Å². The van der Waals surface area contributed by atoms with E-state index in [0.717, 1.165) is 17.1 Å². The number of aromatic nitrogens is 3. The standard InChI is InChI=1S/C60H39N3/c1-4-14-40(15-5-1)42-24-29-47(30-25-42)62-57-33-27-44(37-53(57)51-32-26-45(38-60(51)62)41-16-6-2-7-17-41)43-28-34-58-52(36-43)49-20-10-13-23-56(49)63(58)48-31-35-59-54(39-48)50-21-11-12-22-55(50)61(59)46-18-8-3-9-19-46/h1-39H. The lowest BCUT2D eigenvalue weighted by Crippen LogP contribution is -1.95. The van der Waals surface area contributed by atoms with Gasteiger partial charge in [0, 0.05) is 49.4 Å². The predicted molar refractivity (Wildman–Crippen MR) is 266 cm³/mol. The fourth-order valence-corrected chi connectivity index (χ4v) is 10.1. The smallest absolute Gasteiger partial charge is 0.0547 e. The van der Waals surface area contributed by atoms with E-state index < -0.39 is 0 Å². The Bertz CT molecular complexity index is 3870. The van der Waals surface area contributed by atoms with Crippen molar-refractivity contribution in [3.05, 3.63) is 237 Å². The van der Waals surface area contributed by atoms with E-state index >= 15 is 0 Å². The van der Waals surface area contributed by atoms with Gasteiger partial charge in [-0.25, -0.2) is 0 Å². The lowest BCUT2D eigenvalue weighted by Gasteiger charge is -2.11. The summed E-state index contributed by atoms with van der Waals surface area (Å²) in [5, 5.41) is 7.44. The number of fused-ring (bicyclic) bond motifs is 9. The molecular formula is C60H39N3. The number of hydrogen-bond acceptors (Lipinski definition) is 0. The summed E-state index contributed by atoms with van der Waals surface area (Å²) in [6.45, 7) is 0. The zero-order valence-corrected chi connectivity index (χ0v) is 34.4. The van der Waals surface area contributed by atoms with Crippen LogP contribution in [0.25, 0.3) is 116 Å². The summed E-state index contributed by atoms with van der Waals surface area (Å²) < 4.78 is 7.25. The Labute approximate surface area is 364 Å². The van der Waals surface area contributed by atoms with Crippen molar-refractivity contribution < 1.29 is 0 Å². The van der Waals surface area contributed by atoms with Crippen molar-refractivity contribution in [2.24, 2.45) is 0 Å². The quantitative estimate of drug-likeness (QED) is 0.159. The third-order valence-electron chi connectivity index (χ3n) is 13.0. The Morgan fingerprint density at radius 1 is 0.175 bits per heavy atom. The van der Waals surface area contributed by atoms with E-state index in [1.165, 1.54) is 98.8 Å². The van der Waals surface area contributed by atoms with Crippen LogP contribution in [0.1, 0.15) is 0 Å². The number of para-hydroxylation sites is 3. The molecule has 0 amide bonds. The minimum Gasteiger partial charge on any atom is -0.309 e. The van der Waals surface area contributed by atoms with Crippen LogP contribution in [0.2, 0.25) is 0 Å². The summed E-state index contributed by atoms with van der Waals surface area (Å²) in [5.41, 5.74) is 17.9. The molecule has 0 aliphatic carbocycles. The second-order valence-corrected chi connectivity index (χ2v) is 16.6. The summed E-state index contributed by atoms with van der Waals surface area (Å²) in [5.74, 6) is 0. The maximum atomic E-state index is 2.44. The van der Waals surface area contributed by atoms with Gasteiger partial charge in [0.15, 0.2) is 0 Å². The van der Waals surface area contributed by atoms with E-state index in [0.29, 0.717) is 0 Å². The van der Waals surface area contributed by atoms with Gasteiger partial charge in [-0.1, -0.05) is 152 Å². The van der Waals surface area contributed by atoms with Crippen LogP contribution in [0.3, 0.4) is 0 Å². The van der Waals surface area contributed by atoms with Crippen LogP contribution in [0.15, 0.2) is 237 Å². The molecule has 10 aromatic carbocycles. The minimum atomic E-state index is 1.14. The van der Waals surface area contributed by atoms with Gasteiger partial charge in [0.25, 0.3) is 0 Å². The fourth-order valence-electron chi connectivity index (χ4n) is 10.1. The molecule has 13 rings (SSSR count). The van der Waals surface area contributed by atoms with Crippen LogP contribution < -0.4 is 0 Å². The average Bonchev–Trinajstić information content (AvgIpc) is 3.99. The summed E-state index contributed by atoms with van der Waals surface area (Å²) in [6, 6.07) is 86.4. The van der Waals surface area contributed by atoms with Crippen LogP contribution in [0.4, 0.5) is 0 Å². The van der Waals surface area contributed by atoms with Crippen LogP contribution in [0.5, 0.6) is 0 Å². The molecule has 0 N–H and O–H groups in total. The predicted octanol–water partition coefficient (Wildman–Crippen LogP) is 16.0. The molecule has 294 valence electrons. The topological polar surface area (TPSA) is 14.8 Å². The van der Waals surface area contributed by atoms with Gasteiger partial charge in [0.1, 0.15) is 0 Å². The molecule has 0 saturated heterocycles. The van der Waals surface area contributed by atoms with Gasteiger partial charge in [-0.15, -0.1) is 0 Å². The van der Waals surface area contributed by atoms with Crippen LogP contribution in [-0.4, -0.2) is 13.7 Å². The summed E-state index contributed by atoms with van der Waals surface area (Å²) in [4.78, 5) is 0. The molecule has 0 spiro atoms. The molecule has 0 fully saturated rings. The third-order valence-corrected chi connectivity index (χ3v) is 13.0. The summed E-state index contributed by atoms with van der Waals surface area (Å²) in [6.07, 6.45) is 0. The highest BCUT2D eigenvalue weighted by Crippen LogP contribution is 2.41. The largest absolute Gasteiger partial charge is 0.309 e. The Kier molecular flexibility index (Phi) is 7.91. The molecule has 0 aliphatic heterocycles. The zero-order valence-electron chi connectivity index (χ0n) is 34.4. The Morgan fingerprint density at radius 3 is 1.13 bits per heavy atom. The van der Waals surface area contributed by atoms with E-state index in [4.69, 9.17) is 0 Å². The van der Waals surface area contributed by atoms with Gasteiger partial charge < -0.3 is 13.7 Å². The zero-order chi connectivity index (χ0) is 41.4. The number of nitrogens with zero attached hydrogens (tertiary/aromatic N) is 3. The SMILES string of the molecule is c1ccc(-c2ccc(-n3c4ccc(-c5ccc6c(c5)c5ccccc5n6-c5ccc6c(c5)c5ccccc5n6-c5ccccc5)cc4c4ccc(-c5ccccc5)cc43)cc2)cc1. The van der Waals surface area contributed by atoms with E-state index in [9.17, 15) is 0 Å². The van der Waals surface area contributed by atoms with Gasteiger partial charge >= 0.3 is 0 Å². The van der Waals surface area contributed by atoms with Crippen molar-refractivity contribution >= 4 is 65.4 Å². The summed E-state index contributed by atoms with van der Waals surface area (Å²) >= 11 is 0. The first-order valence-corrected chi connectivity index (χ1v) is 21.7. The Hall–Kier alpha value is -8.40. The molecule has 0 aliphatic rings. The Morgan fingerprint density at radius 2 is 0.524 bits per heavy atom. The number of hydrogen-bond donors (Lipinski definition) is 0. The van der Waals surface area contributed by atoms with E-state index in [1.54, 1.807) is 0 Å². The third kappa shape index (κ3) is 5.60. The maximum absolute atomic E-state index is 2.44. The molecule has 0 bridgehead atoms. The van der Waals surface area contributed by atoms with Crippen molar-refractivity contribution in [1.29, 1.82) is 0 Å². The van der Waals surface area contributed by atoms with Crippen LogP contribution in [0, 0.1) is 0 Å². The van der Waals surface area contributed by atoms with Crippen LogP contribution >= 0.6 is 0 Å². The maximum Gasteiger partial charge on any atom is 0.0547 e. The highest BCUT2D eigenvalue weighted by Gasteiger charge is 2.19. The second-order valence-electron chi connectivity index (χ2n) is 16.6. The minimum absolute atomic E-state index is 1.14. The molecule has 3 aromatic heterocycles. The van der Waals surface area contributed by atoms with Crippen molar-refractivity contribution in [3.8, 4) is 50.4 Å². The van der Waals surface area contributed by atoms with Gasteiger partial charge in [-0.05, 0) is 118 Å². The van der Waals surface area contributed by atoms with Gasteiger partial charge in [-0.3, -0.25) is 0 Å². The molecule has 0 unspecified atom stereocenters. The van der Waals surface area contributed by atoms with Crippen molar-refractivity contribution in [2.45, 2.75) is 0 Å². The molecule has 0 atom stereocenters. The van der Waals surface area contributed by atoms with Gasteiger partial charge in [-0.2, -0.15) is 0 Å². The first-order valence-electron chi connectivity index (χ1n) is 21.7.